The van der Waals surface area contributed by atoms with Gasteiger partial charge < -0.3 is 18.7 Å². The van der Waals surface area contributed by atoms with E-state index in [0.29, 0.717) is 35.7 Å². The maximum Gasteiger partial charge on any atom is 0.343 e. The van der Waals surface area contributed by atoms with Gasteiger partial charge in [0.1, 0.15) is 23.7 Å². The molecule has 0 aliphatic heterocycles. The maximum atomic E-state index is 12.0. The lowest BCUT2D eigenvalue weighted by Crippen LogP contribution is -2.06. The fourth-order valence-corrected chi connectivity index (χ4v) is 3.15. The van der Waals surface area contributed by atoms with Crippen LogP contribution in [0.25, 0.3) is 22.5 Å². The second-order valence-electron chi connectivity index (χ2n) is 6.61. The van der Waals surface area contributed by atoms with Crippen LogP contribution in [0.4, 0.5) is 0 Å². The molecule has 0 saturated heterocycles. The van der Waals surface area contributed by atoms with Gasteiger partial charge in [0.25, 0.3) is 0 Å². The number of rotatable bonds is 5. The molecule has 2 heterocycles. The molecule has 0 fully saturated rings. The molecule has 5 heteroatoms. The van der Waals surface area contributed by atoms with Crippen molar-refractivity contribution >= 4 is 11.0 Å². The van der Waals surface area contributed by atoms with Gasteiger partial charge in [-0.25, -0.2) is 4.79 Å². The molecule has 0 saturated carbocycles. The minimum atomic E-state index is -0.572. The van der Waals surface area contributed by atoms with Crippen molar-refractivity contribution in [2.75, 3.05) is 0 Å². The summed E-state index contributed by atoms with van der Waals surface area (Å²) in [6.07, 6.45) is 0.508. The molecule has 0 bridgehead atoms. The summed E-state index contributed by atoms with van der Waals surface area (Å²) >= 11 is 0. The Morgan fingerprint density at radius 1 is 1.04 bits per heavy atom. The fraction of sp³-hybridized carbons (Fsp3) is 0.174. The van der Waals surface area contributed by atoms with Crippen LogP contribution in [0.5, 0.6) is 11.5 Å². The number of benzene rings is 2. The van der Waals surface area contributed by atoms with Crippen LogP contribution in [0.3, 0.4) is 0 Å². The molecular weight excluding hydrogens is 356 g/mol. The highest BCUT2D eigenvalue weighted by Gasteiger charge is 2.20. The first kappa shape index (κ1) is 17.9. The normalized spacial score (nSPS) is 11.1. The summed E-state index contributed by atoms with van der Waals surface area (Å²) in [6, 6.07) is 17.2. The van der Waals surface area contributed by atoms with Gasteiger partial charge in [-0.05, 0) is 43.2 Å². The quantitative estimate of drug-likeness (QED) is 0.518. The molecule has 5 nitrogen and oxygen atoms in total. The molecule has 0 spiro atoms. The van der Waals surface area contributed by atoms with Gasteiger partial charge in [0, 0.05) is 10.9 Å². The van der Waals surface area contributed by atoms with Crippen LogP contribution >= 0.6 is 0 Å². The Morgan fingerprint density at radius 3 is 2.57 bits per heavy atom. The van der Waals surface area contributed by atoms with E-state index in [-0.39, 0.29) is 17.1 Å². The number of ether oxygens (including phenoxy) is 1. The van der Waals surface area contributed by atoms with Gasteiger partial charge in [-0.1, -0.05) is 37.3 Å². The van der Waals surface area contributed by atoms with Crippen LogP contribution in [0.15, 0.2) is 68.2 Å². The van der Waals surface area contributed by atoms with Gasteiger partial charge in [0.15, 0.2) is 11.5 Å². The number of fused-ring (bicyclic) bond motifs is 1. The summed E-state index contributed by atoms with van der Waals surface area (Å²) in [4.78, 5) is 12.0. The lowest BCUT2D eigenvalue weighted by molar-refractivity contribution is 0.306. The molecule has 2 aromatic carbocycles. The zero-order chi connectivity index (χ0) is 19.7. The highest BCUT2D eigenvalue weighted by Crippen LogP contribution is 2.35. The van der Waals surface area contributed by atoms with Crippen LogP contribution in [-0.2, 0) is 13.0 Å². The van der Waals surface area contributed by atoms with Crippen molar-refractivity contribution in [1.29, 1.82) is 0 Å². The summed E-state index contributed by atoms with van der Waals surface area (Å²) < 4.78 is 17.1. The fourth-order valence-electron chi connectivity index (χ4n) is 3.15. The van der Waals surface area contributed by atoms with E-state index in [0.717, 1.165) is 10.9 Å². The van der Waals surface area contributed by atoms with Crippen LogP contribution < -0.4 is 10.4 Å². The molecule has 0 aliphatic rings. The van der Waals surface area contributed by atoms with Crippen LogP contribution in [0.2, 0.25) is 0 Å². The standard InChI is InChI=1S/C23H20O5/c1-3-18-21(24)14(2)23(25)28-22(18)20-12-16-11-17(9-10-19(16)27-20)26-13-15-7-5-4-6-8-15/h4-12,24H,3,13H2,1-2H3. The zero-order valence-electron chi connectivity index (χ0n) is 15.7. The summed E-state index contributed by atoms with van der Waals surface area (Å²) in [6.45, 7) is 3.90. The molecule has 4 aromatic rings. The molecule has 1 N–H and O–H groups in total. The van der Waals surface area contributed by atoms with Gasteiger partial charge in [0.05, 0.1) is 5.56 Å². The smallest absolute Gasteiger partial charge is 0.343 e. The van der Waals surface area contributed by atoms with E-state index in [9.17, 15) is 9.90 Å². The monoisotopic (exact) mass is 376 g/mol. The summed E-state index contributed by atoms with van der Waals surface area (Å²) in [5.41, 5.74) is 1.91. The van der Waals surface area contributed by atoms with Crippen molar-refractivity contribution in [1.82, 2.24) is 0 Å². The summed E-state index contributed by atoms with van der Waals surface area (Å²) in [7, 11) is 0. The maximum absolute atomic E-state index is 12.0. The average molecular weight is 376 g/mol. The van der Waals surface area contributed by atoms with E-state index in [1.807, 2.05) is 55.5 Å². The molecule has 2 aromatic heterocycles. The third-order valence-electron chi connectivity index (χ3n) is 4.73. The van der Waals surface area contributed by atoms with Crippen LogP contribution in [0, 0.1) is 6.92 Å². The molecule has 0 radical (unpaired) electrons. The van der Waals surface area contributed by atoms with E-state index < -0.39 is 5.63 Å². The minimum absolute atomic E-state index is 0.0407. The second-order valence-corrected chi connectivity index (χ2v) is 6.61. The highest BCUT2D eigenvalue weighted by atomic mass is 16.5. The molecule has 0 aliphatic carbocycles. The molecule has 28 heavy (non-hydrogen) atoms. The summed E-state index contributed by atoms with van der Waals surface area (Å²) in [5.74, 6) is 1.34. The molecule has 0 amide bonds. The van der Waals surface area contributed by atoms with E-state index in [2.05, 4.69) is 0 Å². The lowest BCUT2D eigenvalue weighted by Gasteiger charge is -2.07. The Kier molecular flexibility index (Phi) is 4.65. The lowest BCUT2D eigenvalue weighted by atomic mass is 10.1. The topological polar surface area (TPSA) is 72.8 Å². The number of aromatic hydroxyl groups is 1. The van der Waals surface area contributed by atoms with Crippen molar-refractivity contribution in [2.45, 2.75) is 26.9 Å². The number of furan rings is 1. The Morgan fingerprint density at radius 2 is 1.82 bits per heavy atom. The Balaban J connectivity index is 1.68. The van der Waals surface area contributed by atoms with Gasteiger partial charge in [0.2, 0.25) is 0 Å². The largest absolute Gasteiger partial charge is 0.507 e. The molecule has 0 atom stereocenters. The molecular formula is C23H20O5. The second kappa shape index (κ2) is 7.27. The summed E-state index contributed by atoms with van der Waals surface area (Å²) in [5, 5.41) is 11.1. The van der Waals surface area contributed by atoms with Crippen molar-refractivity contribution in [3.05, 3.63) is 81.7 Å². The Bertz CT molecular complexity index is 1190. The minimum Gasteiger partial charge on any atom is -0.507 e. The highest BCUT2D eigenvalue weighted by molar-refractivity contribution is 5.84. The molecule has 0 unspecified atom stereocenters. The van der Waals surface area contributed by atoms with E-state index in [1.165, 1.54) is 0 Å². The van der Waals surface area contributed by atoms with Crippen molar-refractivity contribution in [3.63, 3.8) is 0 Å². The molecule has 142 valence electrons. The first-order chi connectivity index (χ1) is 13.6. The van der Waals surface area contributed by atoms with Crippen molar-refractivity contribution in [2.24, 2.45) is 0 Å². The number of hydrogen-bond donors (Lipinski definition) is 1. The third kappa shape index (κ3) is 3.27. The molecule has 4 rings (SSSR count). The van der Waals surface area contributed by atoms with Crippen molar-refractivity contribution in [3.8, 4) is 23.0 Å². The van der Waals surface area contributed by atoms with Gasteiger partial charge in [-0.15, -0.1) is 0 Å². The number of hydrogen-bond acceptors (Lipinski definition) is 5. The van der Waals surface area contributed by atoms with Crippen molar-refractivity contribution < 1.29 is 18.7 Å². The first-order valence-electron chi connectivity index (χ1n) is 9.13. The zero-order valence-corrected chi connectivity index (χ0v) is 15.7. The first-order valence-corrected chi connectivity index (χ1v) is 9.13. The van der Waals surface area contributed by atoms with E-state index >= 15 is 0 Å². The van der Waals surface area contributed by atoms with Gasteiger partial charge >= 0.3 is 5.63 Å². The predicted molar refractivity (Wildman–Crippen MR) is 107 cm³/mol. The van der Waals surface area contributed by atoms with E-state index in [1.54, 1.807) is 13.0 Å². The van der Waals surface area contributed by atoms with Gasteiger partial charge in [-0.2, -0.15) is 0 Å². The third-order valence-corrected chi connectivity index (χ3v) is 4.73. The SMILES string of the molecule is CCc1c(-c2cc3cc(OCc4ccccc4)ccc3o2)oc(=O)c(C)c1O. The Labute approximate surface area is 161 Å². The predicted octanol–water partition coefficient (Wildman–Crippen LogP) is 5.21. The average Bonchev–Trinajstić information content (AvgIpc) is 3.14. The van der Waals surface area contributed by atoms with Gasteiger partial charge in [-0.3, -0.25) is 0 Å². The van der Waals surface area contributed by atoms with E-state index in [4.69, 9.17) is 13.6 Å². The van der Waals surface area contributed by atoms with Crippen LogP contribution in [-0.4, -0.2) is 5.11 Å². The Hall–Kier alpha value is -3.47. The van der Waals surface area contributed by atoms with Crippen LogP contribution in [0.1, 0.15) is 23.6 Å².